The lowest BCUT2D eigenvalue weighted by molar-refractivity contribution is -0.123. The number of hydrogen-bond donors (Lipinski definition) is 1. The lowest BCUT2D eigenvalue weighted by Crippen LogP contribution is -2.30. The molecule has 128 valence electrons. The lowest BCUT2D eigenvalue weighted by Gasteiger charge is -2.15. The molecule has 0 aliphatic heterocycles. The van der Waals surface area contributed by atoms with Crippen LogP contribution in [0.15, 0.2) is 22.6 Å². The molecule has 1 amide bonds. The van der Waals surface area contributed by atoms with Gasteiger partial charge in [-0.15, -0.1) is 0 Å². The van der Waals surface area contributed by atoms with E-state index in [9.17, 15) is 9.59 Å². The van der Waals surface area contributed by atoms with Crippen LogP contribution in [0, 0.1) is 20.8 Å². The van der Waals surface area contributed by atoms with Crippen LogP contribution in [0.5, 0.6) is 0 Å². The standard InChI is InChI=1S/C17H17Cl2NO4/c1-8-9(2)23-10(3)14(8)17(22)24-11(4)16(21)20-15-12(18)6-5-7-13(15)19/h5-7,11H,1-4H3,(H,20,21)/t11-/m0/s1. The summed E-state index contributed by atoms with van der Waals surface area (Å²) in [6.45, 7) is 6.66. The molecular formula is C17H17Cl2NO4. The maximum atomic E-state index is 12.3. The number of benzene rings is 1. The Labute approximate surface area is 149 Å². The van der Waals surface area contributed by atoms with Crippen LogP contribution in [-0.4, -0.2) is 18.0 Å². The minimum absolute atomic E-state index is 0.278. The summed E-state index contributed by atoms with van der Waals surface area (Å²) in [4.78, 5) is 24.5. The van der Waals surface area contributed by atoms with E-state index in [4.69, 9.17) is 32.4 Å². The molecule has 1 N–H and O–H groups in total. The molecule has 0 saturated heterocycles. The third kappa shape index (κ3) is 3.74. The molecule has 1 aromatic carbocycles. The average molecular weight is 370 g/mol. The Morgan fingerprint density at radius 1 is 1.12 bits per heavy atom. The quantitative estimate of drug-likeness (QED) is 0.793. The first kappa shape index (κ1) is 18.4. The Balaban J connectivity index is 2.10. The normalized spacial score (nSPS) is 11.9. The number of nitrogens with one attached hydrogen (secondary N) is 1. The molecule has 7 heteroatoms. The number of carbonyl (C=O) groups is 2. The molecular weight excluding hydrogens is 353 g/mol. The van der Waals surface area contributed by atoms with Crippen LogP contribution in [0.2, 0.25) is 10.0 Å². The first-order valence-corrected chi connectivity index (χ1v) is 8.00. The van der Waals surface area contributed by atoms with Crippen LogP contribution in [-0.2, 0) is 9.53 Å². The number of amides is 1. The highest BCUT2D eigenvalue weighted by atomic mass is 35.5. The van der Waals surface area contributed by atoms with E-state index in [1.807, 2.05) is 0 Å². The number of carbonyl (C=O) groups excluding carboxylic acids is 2. The highest BCUT2D eigenvalue weighted by Gasteiger charge is 2.25. The molecule has 24 heavy (non-hydrogen) atoms. The predicted octanol–water partition coefficient (Wildman–Crippen LogP) is 4.70. The van der Waals surface area contributed by atoms with Gasteiger partial charge in [0.25, 0.3) is 5.91 Å². The van der Waals surface area contributed by atoms with Crippen molar-refractivity contribution in [2.75, 3.05) is 5.32 Å². The van der Waals surface area contributed by atoms with Gasteiger partial charge in [0.15, 0.2) is 6.10 Å². The minimum atomic E-state index is -1.03. The van der Waals surface area contributed by atoms with Gasteiger partial charge in [-0.05, 0) is 39.8 Å². The van der Waals surface area contributed by atoms with Gasteiger partial charge in [-0.2, -0.15) is 0 Å². The Morgan fingerprint density at radius 3 is 2.21 bits per heavy atom. The molecule has 0 aliphatic carbocycles. The van der Waals surface area contributed by atoms with Crippen molar-refractivity contribution in [3.63, 3.8) is 0 Å². The van der Waals surface area contributed by atoms with E-state index >= 15 is 0 Å². The second-order valence-electron chi connectivity index (χ2n) is 5.35. The number of aryl methyl sites for hydroxylation is 2. The van der Waals surface area contributed by atoms with Crippen molar-refractivity contribution in [3.8, 4) is 0 Å². The van der Waals surface area contributed by atoms with Crippen LogP contribution >= 0.6 is 23.2 Å². The summed E-state index contributed by atoms with van der Waals surface area (Å²) < 4.78 is 10.6. The fourth-order valence-electron chi connectivity index (χ4n) is 2.21. The molecule has 0 bridgehead atoms. The van der Waals surface area contributed by atoms with Crippen LogP contribution in [0.1, 0.15) is 34.4 Å². The summed E-state index contributed by atoms with van der Waals surface area (Å²) in [7, 11) is 0. The third-order valence-electron chi connectivity index (χ3n) is 3.63. The zero-order valence-corrected chi connectivity index (χ0v) is 15.2. The second-order valence-corrected chi connectivity index (χ2v) is 6.16. The van der Waals surface area contributed by atoms with Gasteiger partial charge in [-0.1, -0.05) is 29.3 Å². The van der Waals surface area contributed by atoms with Crippen molar-refractivity contribution < 1.29 is 18.7 Å². The molecule has 2 rings (SSSR count). The van der Waals surface area contributed by atoms with E-state index in [1.54, 1.807) is 39.0 Å². The van der Waals surface area contributed by atoms with Gasteiger partial charge in [0.1, 0.15) is 17.1 Å². The Morgan fingerprint density at radius 2 is 1.71 bits per heavy atom. The number of hydrogen-bond acceptors (Lipinski definition) is 4. The maximum absolute atomic E-state index is 12.3. The molecule has 0 aliphatic rings. The molecule has 0 radical (unpaired) electrons. The van der Waals surface area contributed by atoms with Crippen LogP contribution in [0.3, 0.4) is 0 Å². The molecule has 1 aromatic heterocycles. The molecule has 0 fully saturated rings. The van der Waals surface area contributed by atoms with E-state index in [2.05, 4.69) is 5.32 Å². The first-order valence-electron chi connectivity index (χ1n) is 7.24. The van der Waals surface area contributed by atoms with Crippen molar-refractivity contribution >= 4 is 40.8 Å². The molecule has 0 unspecified atom stereocenters. The van der Waals surface area contributed by atoms with Crippen molar-refractivity contribution in [1.29, 1.82) is 0 Å². The fraction of sp³-hybridized carbons (Fsp3) is 0.294. The number of halogens is 2. The van der Waals surface area contributed by atoms with Crippen LogP contribution in [0.4, 0.5) is 5.69 Å². The van der Waals surface area contributed by atoms with Gasteiger partial charge in [-0.25, -0.2) is 4.79 Å². The van der Waals surface area contributed by atoms with E-state index in [1.165, 1.54) is 6.92 Å². The zero-order chi connectivity index (χ0) is 18.0. The number of furan rings is 1. The van der Waals surface area contributed by atoms with Crippen molar-refractivity contribution in [1.82, 2.24) is 0 Å². The Hall–Kier alpha value is -1.98. The lowest BCUT2D eigenvalue weighted by atomic mass is 10.1. The number of anilines is 1. The monoisotopic (exact) mass is 369 g/mol. The van der Waals surface area contributed by atoms with E-state index in [0.717, 1.165) is 0 Å². The van der Waals surface area contributed by atoms with Gasteiger partial charge in [0, 0.05) is 5.56 Å². The van der Waals surface area contributed by atoms with E-state index in [-0.39, 0.29) is 5.69 Å². The smallest absolute Gasteiger partial charge is 0.342 e. The topological polar surface area (TPSA) is 68.5 Å². The van der Waals surface area contributed by atoms with Crippen LogP contribution in [0.25, 0.3) is 0 Å². The van der Waals surface area contributed by atoms with Gasteiger partial charge >= 0.3 is 5.97 Å². The van der Waals surface area contributed by atoms with E-state index in [0.29, 0.717) is 32.7 Å². The zero-order valence-electron chi connectivity index (χ0n) is 13.7. The molecule has 2 aromatic rings. The van der Waals surface area contributed by atoms with Gasteiger partial charge < -0.3 is 14.5 Å². The first-order chi connectivity index (χ1) is 11.2. The Kier molecular flexibility index (Phi) is 5.57. The number of rotatable bonds is 4. The summed E-state index contributed by atoms with van der Waals surface area (Å²) in [6.07, 6.45) is -1.03. The van der Waals surface area contributed by atoms with Crippen molar-refractivity contribution in [2.24, 2.45) is 0 Å². The summed E-state index contributed by atoms with van der Waals surface area (Å²) in [6, 6.07) is 4.86. The highest BCUT2D eigenvalue weighted by molar-refractivity contribution is 6.39. The summed E-state index contributed by atoms with van der Waals surface area (Å²) in [5.41, 5.74) is 1.31. The minimum Gasteiger partial charge on any atom is -0.465 e. The third-order valence-corrected chi connectivity index (χ3v) is 4.26. The fourth-order valence-corrected chi connectivity index (χ4v) is 2.70. The molecule has 1 atom stereocenters. The number of ether oxygens (including phenoxy) is 1. The maximum Gasteiger partial charge on any atom is 0.342 e. The second kappa shape index (κ2) is 7.28. The average Bonchev–Trinajstić information content (AvgIpc) is 2.75. The summed E-state index contributed by atoms with van der Waals surface area (Å²) in [5, 5.41) is 3.16. The molecule has 0 spiro atoms. The van der Waals surface area contributed by atoms with Gasteiger partial charge in [0.05, 0.1) is 15.7 Å². The molecule has 0 saturated carbocycles. The van der Waals surface area contributed by atoms with Gasteiger partial charge in [0.2, 0.25) is 0 Å². The molecule has 1 heterocycles. The number of para-hydroxylation sites is 1. The Bertz CT molecular complexity index is 778. The largest absolute Gasteiger partial charge is 0.465 e. The predicted molar refractivity (Wildman–Crippen MR) is 92.9 cm³/mol. The summed E-state index contributed by atoms with van der Waals surface area (Å²) >= 11 is 12.0. The van der Waals surface area contributed by atoms with Crippen LogP contribution < -0.4 is 5.32 Å². The number of esters is 1. The van der Waals surface area contributed by atoms with E-state index < -0.39 is 18.0 Å². The van der Waals surface area contributed by atoms with Crippen molar-refractivity contribution in [2.45, 2.75) is 33.8 Å². The SMILES string of the molecule is Cc1oc(C)c(C(=O)O[C@@H](C)C(=O)Nc2c(Cl)cccc2Cl)c1C. The molecule has 5 nitrogen and oxygen atoms in total. The van der Waals surface area contributed by atoms with Crippen molar-refractivity contribution in [3.05, 3.63) is 50.9 Å². The summed E-state index contributed by atoms with van der Waals surface area (Å²) in [5.74, 6) is -0.0558. The highest BCUT2D eigenvalue weighted by Crippen LogP contribution is 2.30. The van der Waals surface area contributed by atoms with Gasteiger partial charge in [-0.3, -0.25) is 4.79 Å².